The van der Waals surface area contributed by atoms with Crippen molar-refractivity contribution in [1.29, 1.82) is 0 Å². The van der Waals surface area contributed by atoms with E-state index in [1.807, 2.05) is 24.3 Å². The topological polar surface area (TPSA) is 46.3 Å². The summed E-state index contributed by atoms with van der Waals surface area (Å²) in [4.78, 5) is 13.8. The van der Waals surface area contributed by atoms with Crippen LogP contribution in [-0.2, 0) is 13.1 Å². The van der Waals surface area contributed by atoms with Gasteiger partial charge in [-0.3, -0.25) is 4.79 Å². The van der Waals surface area contributed by atoms with Crippen molar-refractivity contribution in [1.82, 2.24) is 4.90 Å². The maximum absolute atomic E-state index is 13.5. The monoisotopic (exact) mass is 286 g/mol. The predicted molar refractivity (Wildman–Crippen MR) is 81.3 cm³/mol. The number of rotatable bonds is 4. The Bertz CT molecular complexity index is 638. The van der Waals surface area contributed by atoms with Gasteiger partial charge in [-0.05, 0) is 35.7 Å². The number of hydrogen-bond donors (Lipinski definition) is 1. The van der Waals surface area contributed by atoms with Crippen LogP contribution in [0.1, 0.15) is 27.0 Å². The summed E-state index contributed by atoms with van der Waals surface area (Å²) in [7, 11) is 1.71. The van der Waals surface area contributed by atoms with E-state index in [0.29, 0.717) is 24.2 Å². The van der Waals surface area contributed by atoms with E-state index in [1.54, 1.807) is 31.0 Å². The molecule has 0 heterocycles. The van der Waals surface area contributed by atoms with Crippen LogP contribution in [-0.4, -0.2) is 17.9 Å². The fraction of sp³-hybridized carbons (Fsp3) is 0.235. The molecule has 2 aromatic rings. The minimum Gasteiger partial charge on any atom is -0.337 e. The number of nitrogens with zero attached hydrogens (tertiary/aromatic N) is 1. The van der Waals surface area contributed by atoms with Crippen molar-refractivity contribution < 1.29 is 9.18 Å². The first-order chi connectivity index (χ1) is 10.0. The van der Waals surface area contributed by atoms with E-state index in [2.05, 4.69) is 0 Å². The van der Waals surface area contributed by atoms with Crippen LogP contribution in [0.5, 0.6) is 0 Å². The molecule has 21 heavy (non-hydrogen) atoms. The SMILES string of the molecule is Cc1ccc(C(=O)N(C)Cc2ccc(CN)cc2)cc1F. The van der Waals surface area contributed by atoms with Crippen LogP contribution >= 0.6 is 0 Å². The summed E-state index contributed by atoms with van der Waals surface area (Å²) in [5.74, 6) is -0.557. The fourth-order valence-electron chi connectivity index (χ4n) is 2.07. The summed E-state index contributed by atoms with van der Waals surface area (Å²) in [6, 6.07) is 12.3. The van der Waals surface area contributed by atoms with Crippen LogP contribution in [0.3, 0.4) is 0 Å². The zero-order valence-electron chi connectivity index (χ0n) is 12.3. The van der Waals surface area contributed by atoms with Crippen LogP contribution in [0.25, 0.3) is 0 Å². The summed E-state index contributed by atoms with van der Waals surface area (Å²) in [5, 5.41) is 0. The Kier molecular flexibility index (Phi) is 4.70. The number of hydrogen-bond acceptors (Lipinski definition) is 2. The standard InChI is InChI=1S/C17H19FN2O/c1-12-3-8-15(9-16(12)18)17(21)20(2)11-14-6-4-13(10-19)5-7-14/h3-9H,10-11,19H2,1-2H3. The first-order valence-corrected chi connectivity index (χ1v) is 6.80. The lowest BCUT2D eigenvalue weighted by Gasteiger charge is -2.18. The third kappa shape index (κ3) is 3.67. The Hall–Kier alpha value is -2.20. The van der Waals surface area contributed by atoms with Crippen molar-refractivity contribution >= 4 is 5.91 Å². The molecule has 0 aliphatic rings. The highest BCUT2D eigenvalue weighted by Crippen LogP contribution is 2.13. The first-order valence-electron chi connectivity index (χ1n) is 6.80. The number of halogens is 1. The van der Waals surface area contributed by atoms with E-state index < -0.39 is 0 Å². The van der Waals surface area contributed by atoms with Crippen molar-refractivity contribution in [3.63, 3.8) is 0 Å². The largest absolute Gasteiger partial charge is 0.337 e. The lowest BCUT2D eigenvalue weighted by molar-refractivity contribution is 0.0784. The molecule has 1 amide bonds. The summed E-state index contributed by atoms with van der Waals surface area (Å²) in [6.07, 6.45) is 0. The lowest BCUT2D eigenvalue weighted by atomic mass is 10.1. The number of carbonyl (C=O) groups is 1. The molecular weight excluding hydrogens is 267 g/mol. The highest BCUT2D eigenvalue weighted by atomic mass is 19.1. The van der Waals surface area contributed by atoms with E-state index in [1.165, 1.54) is 6.07 Å². The zero-order valence-corrected chi connectivity index (χ0v) is 12.3. The van der Waals surface area contributed by atoms with Crippen molar-refractivity contribution in [2.45, 2.75) is 20.0 Å². The molecule has 0 aliphatic carbocycles. The molecule has 2 N–H and O–H groups in total. The van der Waals surface area contributed by atoms with Crippen molar-refractivity contribution in [3.8, 4) is 0 Å². The highest BCUT2D eigenvalue weighted by Gasteiger charge is 2.13. The Morgan fingerprint density at radius 3 is 2.33 bits per heavy atom. The van der Waals surface area contributed by atoms with E-state index >= 15 is 0 Å². The van der Waals surface area contributed by atoms with Gasteiger partial charge in [0.2, 0.25) is 0 Å². The van der Waals surface area contributed by atoms with Gasteiger partial charge in [0.1, 0.15) is 5.82 Å². The van der Waals surface area contributed by atoms with Gasteiger partial charge in [0.25, 0.3) is 5.91 Å². The highest BCUT2D eigenvalue weighted by molar-refractivity contribution is 5.94. The number of carbonyl (C=O) groups excluding carboxylic acids is 1. The first kappa shape index (κ1) is 15.2. The zero-order chi connectivity index (χ0) is 15.4. The van der Waals surface area contributed by atoms with Crippen LogP contribution in [0.2, 0.25) is 0 Å². The summed E-state index contributed by atoms with van der Waals surface area (Å²) >= 11 is 0. The molecule has 2 rings (SSSR count). The van der Waals surface area contributed by atoms with E-state index in [-0.39, 0.29) is 11.7 Å². The number of aryl methyl sites for hydroxylation is 1. The van der Waals surface area contributed by atoms with Crippen molar-refractivity contribution in [2.75, 3.05) is 7.05 Å². The number of benzene rings is 2. The van der Waals surface area contributed by atoms with E-state index in [0.717, 1.165) is 11.1 Å². The molecule has 0 saturated heterocycles. The van der Waals surface area contributed by atoms with Gasteiger partial charge in [0.05, 0.1) is 0 Å². The minimum atomic E-state index is -0.360. The minimum absolute atomic E-state index is 0.197. The van der Waals surface area contributed by atoms with Crippen molar-refractivity contribution in [3.05, 3.63) is 70.5 Å². The third-order valence-corrected chi connectivity index (χ3v) is 3.44. The predicted octanol–water partition coefficient (Wildman–Crippen LogP) is 2.87. The maximum atomic E-state index is 13.5. The van der Waals surface area contributed by atoms with Gasteiger partial charge in [0, 0.05) is 25.7 Å². The molecule has 0 radical (unpaired) electrons. The Labute approximate surface area is 124 Å². The maximum Gasteiger partial charge on any atom is 0.253 e. The summed E-state index contributed by atoms with van der Waals surface area (Å²) < 4.78 is 13.5. The average Bonchev–Trinajstić information content (AvgIpc) is 2.50. The summed E-state index contributed by atoms with van der Waals surface area (Å²) in [5.41, 5.74) is 8.51. The van der Waals surface area contributed by atoms with Gasteiger partial charge >= 0.3 is 0 Å². The third-order valence-electron chi connectivity index (χ3n) is 3.44. The van der Waals surface area contributed by atoms with Crippen molar-refractivity contribution in [2.24, 2.45) is 5.73 Å². The van der Waals surface area contributed by atoms with Crippen LogP contribution in [0, 0.1) is 12.7 Å². The Morgan fingerprint density at radius 1 is 1.14 bits per heavy atom. The molecule has 0 atom stereocenters. The fourth-order valence-corrected chi connectivity index (χ4v) is 2.07. The molecule has 3 nitrogen and oxygen atoms in total. The second-order valence-electron chi connectivity index (χ2n) is 5.15. The van der Waals surface area contributed by atoms with Gasteiger partial charge in [-0.2, -0.15) is 0 Å². The van der Waals surface area contributed by atoms with Gasteiger partial charge in [-0.15, -0.1) is 0 Å². The van der Waals surface area contributed by atoms with Crippen LogP contribution < -0.4 is 5.73 Å². The Balaban J connectivity index is 2.09. The molecule has 0 bridgehead atoms. The summed E-state index contributed by atoms with van der Waals surface area (Å²) in [6.45, 7) is 2.64. The van der Waals surface area contributed by atoms with Gasteiger partial charge in [-0.25, -0.2) is 4.39 Å². The smallest absolute Gasteiger partial charge is 0.253 e. The molecule has 0 unspecified atom stereocenters. The van der Waals surface area contributed by atoms with Gasteiger partial charge in [-0.1, -0.05) is 30.3 Å². The van der Waals surface area contributed by atoms with Gasteiger partial charge in [0.15, 0.2) is 0 Å². The second-order valence-corrected chi connectivity index (χ2v) is 5.15. The second kappa shape index (κ2) is 6.50. The molecule has 2 aromatic carbocycles. The number of nitrogens with two attached hydrogens (primary N) is 1. The molecule has 4 heteroatoms. The lowest BCUT2D eigenvalue weighted by Crippen LogP contribution is -2.26. The molecule has 0 aliphatic heterocycles. The molecule has 0 aromatic heterocycles. The quantitative estimate of drug-likeness (QED) is 0.939. The molecule has 0 fully saturated rings. The van der Waals surface area contributed by atoms with Crippen LogP contribution in [0.15, 0.2) is 42.5 Å². The molecular formula is C17H19FN2O. The van der Waals surface area contributed by atoms with Gasteiger partial charge < -0.3 is 10.6 Å². The molecule has 110 valence electrons. The Morgan fingerprint density at radius 2 is 1.76 bits per heavy atom. The molecule has 0 saturated carbocycles. The van der Waals surface area contributed by atoms with E-state index in [9.17, 15) is 9.18 Å². The number of amides is 1. The van der Waals surface area contributed by atoms with E-state index in [4.69, 9.17) is 5.73 Å². The van der Waals surface area contributed by atoms with Crippen LogP contribution in [0.4, 0.5) is 4.39 Å². The molecule has 0 spiro atoms. The average molecular weight is 286 g/mol. The normalized spacial score (nSPS) is 10.5.